The molecule has 2 aliphatic rings. The third kappa shape index (κ3) is 2.12. The number of hydrogen-bond acceptors (Lipinski definition) is 2. The zero-order chi connectivity index (χ0) is 11.9. The molecule has 2 fully saturated rings. The summed E-state index contributed by atoms with van der Waals surface area (Å²) in [5, 5.41) is 0. The standard InChI is InChI=1S/C15H22N2/c1-12-5-4-6-13(11-12)14(15(16)7-8-15)17-9-2-3-10-17/h4-6,11,14H,2-3,7-10,16H2,1H3. The summed E-state index contributed by atoms with van der Waals surface area (Å²) in [6.07, 6.45) is 5.03. The van der Waals surface area contributed by atoms with Crippen molar-refractivity contribution in [2.45, 2.75) is 44.2 Å². The fourth-order valence-corrected chi connectivity index (χ4v) is 3.16. The molecule has 2 heteroatoms. The van der Waals surface area contributed by atoms with E-state index in [0.29, 0.717) is 6.04 Å². The maximum absolute atomic E-state index is 6.51. The van der Waals surface area contributed by atoms with Gasteiger partial charge in [0.1, 0.15) is 0 Å². The van der Waals surface area contributed by atoms with Crippen LogP contribution in [-0.2, 0) is 0 Å². The molecule has 0 spiro atoms. The predicted octanol–water partition coefficient (Wildman–Crippen LogP) is 2.62. The van der Waals surface area contributed by atoms with E-state index < -0.39 is 0 Å². The topological polar surface area (TPSA) is 29.3 Å². The van der Waals surface area contributed by atoms with Gasteiger partial charge in [0.25, 0.3) is 0 Å². The van der Waals surface area contributed by atoms with E-state index in [1.807, 2.05) is 0 Å². The van der Waals surface area contributed by atoms with Crippen LogP contribution in [0.25, 0.3) is 0 Å². The summed E-state index contributed by atoms with van der Waals surface area (Å²) in [6.45, 7) is 4.61. The normalized spacial score (nSPS) is 24.8. The highest BCUT2D eigenvalue weighted by atomic mass is 15.2. The molecule has 1 aliphatic carbocycles. The van der Waals surface area contributed by atoms with Crippen LogP contribution in [-0.4, -0.2) is 23.5 Å². The van der Waals surface area contributed by atoms with Crippen LogP contribution in [0.2, 0.25) is 0 Å². The first-order chi connectivity index (χ1) is 8.19. The zero-order valence-corrected chi connectivity index (χ0v) is 10.7. The molecule has 1 aromatic carbocycles. The van der Waals surface area contributed by atoms with E-state index >= 15 is 0 Å². The predicted molar refractivity (Wildman–Crippen MR) is 70.9 cm³/mol. The largest absolute Gasteiger partial charge is 0.323 e. The Morgan fingerprint density at radius 1 is 1.24 bits per heavy atom. The molecule has 0 aromatic heterocycles. The van der Waals surface area contributed by atoms with E-state index in [4.69, 9.17) is 5.73 Å². The zero-order valence-electron chi connectivity index (χ0n) is 10.7. The summed E-state index contributed by atoms with van der Waals surface area (Å²) in [4.78, 5) is 2.60. The van der Waals surface area contributed by atoms with E-state index in [9.17, 15) is 0 Å². The smallest absolute Gasteiger partial charge is 0.0528 e. The van der Waals surface area contributed by atoms with Crippen molar-refractivity contribution < 1.29 is 0 Å². The number of likely N-dealkylation sites (tertiary alicyclic amines) is 1. The molecular formula is C15H22N2. The van der Waals surface area contributed by atoms with E-state index in [0.717, 1.165) is 0 Å². The molecule has 1 saturated carbocycles. The quantitative estimate of drug-likeness (QED) is 0.865. The fourth-order valence-electron chi connectivity index (χ4n) is 3.16. The molecule has 1 saturated heterocycles. The van der Waals surface area contributed by atoms with E-state index in [-0.39, 0.29) is 5.54 Å². The van der Waals surface area contributed by atoms with E-state index in [2.05, 4.69) is 36.1 Å². The van der Waals surface area contributed by atoms with Gasteiger partial charge in [0.15, 0.2) is 0 Å². The minimum Gasteiger partial charge on any atom is -0.323 e. The minimum absolute atomic E-state index is 0.0537. The maximum Gasteiger partial charge on any atom is 0.0528 e. The van der Waals surface area contributed by atoms with E-state index in [1.54, 1.807) is 0 Å². The number of nitrogens with two attached hydrogens (primary N) is 1. The van der Waals surface area contributed by atoms with Gasteiger partial charge in [-0.3, -0.25) is 4.90 Å². The highest BCUT2D eigenvalue weighted by molar-refractivity contribution is 5.30. The second kappa shape index (κ2) is 4.11. The average molecular weight is 230 g/mol. The lowest BCUT2D eigenvalue weighted by Gasteiger charge is -2.33. The SMILES string of the molecule is Cc1cccc(C(N2CCCC2)C2(N)CC2)c1. The van der Waals surface area contributed by atoms with Crippen LogP contribution in [0.5, 0.6) is 0 Å². The van der Waals surface area contributed by atoms with Crippen LogP contribution in [0.1, 0.15) is 42.9 Å². The molecule has 1 aromatic rings. The van der Waals surface area contributed by atoms with Gasteiger partial charge in [-0.05, 0) is 51.3 Å². The lowest BCUT2D eigenvalue weighted by atomic mass is 9.95. The van der Waals surface area contributed by atoms with Gasteiger partial charge in [-0.15, -0.1) is 0 Å². The average Bonchev–Trinajstić information content (AvgIpc) is 2.82. The van der Waals surface area contributed by atoms with Crippen LogP contribution in [0, 0.1) is 6.92 Å². The lowest BCUT2D eigenvalue weighted by molar-refractivity contribution is 0.202. The molecule has 0 amide bonds. The monoisotopic (exact) mass is 230 g/mol. The molecule has 2 N–H and O–H groups in total. The Bertz CT molecular complexity index is 403. The second-order valence-corrected chi connectivity index (χ2v) is 5.79. The van der Waals surface area contributed by atoms with Crippen molar-refractivity contribution in [1.82, 2.24) is 4.90 Å². The van der Waals surface area contributed by atoms with Crippen LogP contribution >= 0.6 is 0 Å². The first-order valence-electron chi connectivity index (χ1n) is 6.79. The van der Waals surface area contributed by atoms with Crippen molar-refractivity contribution in [2.24, 2.45) is 5.73 Å². The van der Waals surface area contributed by atoms with Crippen molar-refractivity contribution in [3.8, 4) is 0 Å². The molecule has 17 heavy (non-hydrogen) atoms. The van der Waals surface area contributed by atoms with Gasteiger partial charge >= 0.3 is 0 Å². The summed E-state index contributed by atoms with van der Waals surface area (Å²) in [5.74, 6) is 0. The van der Waals surface area contributed by atoms with Gasteiger partial charge in [-0.2, -0.15) is 0 Å². The lowest BCUT2D eigenvalue weighted by Crippen LogP contribution is -2.41. The van der Waals surface area contributed by atoms with Crippen molar-refractivity contribution >= 4 is 0 Å². The molecule has 0 bridgehead atoms. The Labute approximate surface area is 104 Å². The van der Waals surface area contributed by atoms with Crippen LogP contribution < -0.4 is 5.73 Å². The first kappa shape index (κ1) is 11.2. The highest BCUT2D eigenvalue weighted by Gasteiger charge is 2.49. The van der Waals surface area contributed by atoms with Gasteiger partial charge in [-0.1, -0.05) is 29.8 Å². The number of rotatable bonds is 3. The summed E-state index contributed by atoms with van der Waals surface area (Å²) in [6, 6.07) is 9.35. The maximum atomic E-state index is 6.51. The van der Waals surface area contributed by atoms with Crippen molar-refractivity contribution in [2.75, 3.05) is 13.1 Å². The number of benzene rings is 1. The molecule has 2 nitrogen and oxygen atoms in total. The molecular weight excluding hydrogens is 208 g/mol. The molecule has 1 heterocycles. The Morgan fingerprint density at radius 2 is 1.94 bits per heavy atom. The molecule has 1 atom stereocenters. The van der Waals surface area contributed by atoms with Crippen LogP contribution in [0.15, 0.2) is 24.3 Å². The van der Waals surface area contributed by atoms with Crippen LogP contribution in [0.4, 0.5) is 0 Å². The Balaban J connectivity index is 1.93. The minimum atomic E-state index is 0.0537. The molecule has 1 aliphatic heterocycles. The third-order valence-corrected chi connectivity index (χ3v) is 4.24. The fraction of sp³-hybridized carbons (Fsp3) is 0.600. The van der Waals surface area contributed by atoms with Crippen LogP contribution in [0.3, 0.4) is 0 Å². The molecule has 3 rings (SSSR count). The van der Waals surface area contributed by atoms with Crippen molar-refractivity contribution in [3.05, 3.63) is 35.4 Å². The Hall–Kier alpha value is -0.860. The number of aryl methyl sites for hydroxylation is 1. The van der Waals surface area contributed by atoms with E-state index in [1.165, 1.54) is 49.9 Å². The summed E-state index contributed by atoms with van der Waals surface area (Å²) in [5.41, 5.74) is 9.33. The number of hydrogen-bond donors (Lipinski definition) is 1. The summed E-state index contributed by atoms with van der Waals surface area (Å²) >= 11 is 0. The third-order valence-electron chi connectivity index (χ3n) is 4.24. The summed E-state index contributed by atoms with van der Waals surface area (Å²) in [7, 11) is 0. The van der Waals surface area contributed by atoms with Crippen molar-refractivity contribution in [3.63, 3.8) is 0 Å². The Kier molecular flexibility index (Phi) is 2.72. The van der Waals surface area contributed by atoms with Gasteiger partial charge in [0, 0.05) is 5.54 Å². The van der Waals surface area contributed by atoms with Crippen molar-refractivity contribution in [1.29, 1.82) is 0 Å². The second-order valence-electron chi connectivity index (χ2n) is 5.79. The van der Waals surface area contributed by atoms with Gasteiger partial charge in [0.2, 0.25) is 0 Å². The molecule has 0 radical (unpaired) electrons. The van der Waals surface area contributed by atoms with Gasteiger partial charge < -0.3 is 5.73 Å². The highest BCUT2D eigenvalue weighted by Crippen LogP contribution is 2.47. The Morgan fingerprint density at radius 3 is 2.53 bits per heavy atom. The molecule has 92 valence electrons. The van der Waals surface area contributed by atoms with Gasteiger partial charge in [0.05, 0.1) is 6.04 Å². The first-order valence-corrected chi connectivity index (χ1v) is 6.79. The number of nitrogens with zero attached hydrogens (tertiary/aromatic N) is 1. The summed E-state index contributed by atoms with van der Waals surface area (Å²) < 4.78 is 0. The van der Waals surface area contributed by atoms with Gasteiger partial charge in [-0.25, -0.2) is 0 Å². The molecule has 1 unspecified atom stereocenters.